The molecule has 3 heteroatoms. The third-order valence-corrected chi connectivity index (χ3v) is 3.37. The van der Waals surface area contributed by atoms with Crippen molar-refractivity contribution in [1.82, 2.24) is 4.57 Å². The van der Waals surface area contributed by atoms with Gasteiger partial charge in [0.25, 0.3) is 5.56 Å². The van der Waals surface area contributed by atoms with Crippen molar-refractivity contribution in [3.05, 3.63) is 81.6 Å². The molecule has 0 unspecified atom stereocenters. The Morgan fingerprint density at radius 3 is 2.53 bits per heavy atom. The lowest BCUT2D eigenvalue weighted by Crippen LogP contribution is -2.19. The van der Waals surface area contributed by atoms with Crippen LogP contribution in [-0.4, -0.2) is 4.57 Å². The van der Waals surface area contributed by atoms with Gasteiger partial charge in [0, 0.05) is 11.1 Å². The van der Waals surface area contributed by atoms with Crippen LogP contribution in [0.25, 0.3) is 10.9 Å². The number of aromatic nitrogens is 1. The van der Waals surface area contributed by atoms with Crippen molar-refractivity contribution in [1.29, 1.82) is 0 Å². The minimum atomic E-state index is -0.00123. The maximum Gasteiger partial charge on any atom is 0.251 e. The van der Waals surface area contributed by atoms with Gasteiger partial charge in [-0.3, -0.25) is 4.79 Å². The first-order chi connectivity index (χ1) is 9.24. The van der Waals surface area contributed by atoms with Crippen LogP contribution in [0.3, 0.4) is 0 Å². The number of fused-ring (bicyclic) bond motifs is 1. The van der Waals surface area contributed by atoms with Crippen molar-refractivity contribution in [2.45, 2.75) is 6.54 Å². The lowest BCUT2D eigenvalue weighted by Gasteiger charge is -2.10. The summed E-state index contributed by atoms with van der Waals surface area (Å²) in [6.07, 6.45) is 0. The number of nitrogens with zero attached hydrogens (tertiary/aromatic N) is 1. The Hall–Kier alpha value is -2.06. The van der Waals surface area contributed by atoms with Crippen LogP contribution in [0.15, 0.2) is 65.5 Å². The fourth-order valence-corrected chi connectivity index (χ4v) is 2.38. The van der Waals surface area contributed by atoms with E-state index in [9.17, 15) is 4.79 Å². The number of rotatable bonds is 2. The molecular formula is C16H12ClNO. The zero-order valence-electron chi connectivity index (χ0n) is 10.2. The van der Waals surface area contributed by atoms with Gasteiger partial charge in [-0.1, -0.05) is 41.9 Å². The third kappa shape index (κ3) is 2.40. The second-order valence-corrected chi connectivity index (χ2v) is 4.88. The molecule has 2 aromatic carbocycles. The maximum absolute atomic E-state index is 12.1. The van der Waals surface area contributed by atoms with E-state index in [1.165, 1.54) is 0 Å². The Kier molecular flexibility index (Phi) is 3.10. The molecule has 0 atom stereocenters. The van der Waals surface area contributed by atoms with Crippen molar-refractivity contribution in [2.24, 2.45) is 0 Å². The number of halogens is 1. The van der Waals surface area contributed by atoms with Crippen LogP contribution in [0.2, 0.25) is 5.02 Å². The molecule has 0 N–H and O–H groups in total. The Morgan fingerprint density at radius 1 is 0.947 bits per heavy atom. The standard InChI is InChI=1S/C16H12ClNO/c17-14-7-8-15-13(10-14)6-9-16(19)18(15)11-12-4-2-1-3-5-12/h1-10H,11H2. The fourth-order valence-electron chi connectivity index (χ4n) is 2.20. The summed E-state index contributed by atoms with van der Waals surface area (Å²) in [4.78, 5) is 12.1. The van der Waals surface area contributed by atoms with Crippen molar-refractivity contribution in [2.75, 3.05) is 0 Å². The van der Waals surface area contributed by atoms with E-state index in [4.69, 9.17) is 11.6 Å². The molecule has 0 aliphatic carbocycles. The van der Waals surface area contributed by atoms with Gasteiger partial charge >= 0.3 is 0 Å². The van der Waals surface area contributed by atoms with Gasteiger partial charge in [-0.05, 0) is 35.2 Å². The highest BCUT2D eigenvalue weighted by Crippen LogP contribution is 2.18. The average molecular weight is 270 g/mol. The monoisotopic (exact) mass is 269 g/mol. The molecule has 19 heavy (non-hydrogen) atoms. The summed E-state index contributed by atoms with van der Waals surface area (Å²) >= 11 is 5.98. The molecule has 1 heterocycles. The molecule has 94 valence electrons. The SMILES string of the molecule is O=c1ccc2cc(Cl)ccc2n1Cc1ccccc1. The van der Waals surface area contributed by atoms with E-state index in [2.05, 4.69) is 0 Å². The van der Waals surface area contributed by atoms with Crippen molar-refractivity contribution in [3.63, 3.8) is 0 Å². The van der Waals surface area contributed by atoms with E-state index in [0.717, 1.165) is 16.5 Å². The lowest BCUT2D eigenvalue weighted by atomic mass is 10.2. The van der Waals surface area contributed by atoms with E-state index in [1.807, 2.05) is 54.6 Å². The van der Waals surface area contributed by atoms with E-state index in [1.54, 1.807) is 10.6 Å². The fraction of sp³-hybridized carbons (Fsp3) is 0.0625. The van der Waals surface area contributed by atoms with Gasteiger partial charge in [0.15, 0.2) is 0 Å². The molecule has 0 saturated carbocycles. The number of hydrogen-bond acceptors (Lipinski definition) is 1. The van der Waals surface area contributed by atoms with Crippen LogP contribution in [0.4, 0.5) is 0 Å². The molecule has 0 spiro atoms. The molecule has 0 aliphatic rings. The van der Waals surface area contributed by atoms with Gasteiger partial charge < -0.3 is 4.57 Å². The normalized spacial score (nSPS) is 10.8. The first-order valence-corrected chi connectivity index (χ1v) is 6.45. The van der Waals surface area contributed by atoms with Gasteiger partial charge in [-0.25, -0.2) is 0 Å². The first kappa shape index (κ1) is 12.0. The molecule has 2 nitrogen and oxygen atoms in total. The van der Waals surface area contributed by atoms with Gasteiger partial charge in [-0.2, -0.15) is 0 Å². The average Bonchev–Trinajstić information content (AvgIpc) is 2.43. The first-order valence-electron chi connectivity index (χ1n) is 6.07. The maximum atomic E-state index is 12.1. The quantitative estimate of drug-likeness (QED) is 0.695. The molecule has 0 aliphatic heterocycles. The Labute approximate surface area is 115 Å². The summed E-state index contributed by atoms with van der Waals surface area (Å²) in [6, 6.07) is 18.9. The van der Waals surface area contributed by atoms with E-state index in [-0.39, 0.29) is 5.56 Å². The predicted molar refractivity (Wildman–Crippen MR) is 78.8 cm³/mol. The molecule has 0 amide bonds. The zero-order chi connectivity index (χ0) is 13.2. The number of hydrogen-bond donors (Lipinski definition) is 0. The molecule has 3 rings (SSSR count). The number of pyridine rings is 1. The summed E-state index contributed by atoms with van der Waals surface area (Å²) in [6.45, 7) is 0.568. The third-order valence-electron chi connectivity index (χ3n) is 3.14. The van der Waals surface area contributed by atoms with Crippen molar-refractivity contribution < 1.29 is 0 Å². The minimum absolute atomic E-state index is 0.00123. The second-order valence-electron chi connectivity index (χ2n) is 4.45. The summed E-state index contributed by atoms with van der Waals surface area (Å²) < 4.78 is 1.76. The Bertz CT molecular complexity index is 778. The van der Waals surface area contributed by atoms with Gasteiger partial charge in [0.1, 0.15) is 0 Å². The molecule has 1 aromatic heterocycles. The molecule has 0 radical (unpaired) electrons. The largest absolute Gasteiger partial charge is 0.304 e. The smallest absolute Gasteiger partial charge is 0.251 e. The van der Waals surface area contributed by atoms with Crippen LogP contribution in [0.5, 0.6) is 0 Å². The van der Waals surface area contributed by atoms with E-state index < -0.39 is 0 Å². The molecule has 0 fully saturated rings. The Morgan fingerprint density at radius 2 is 1.74 bits per heavy atom. The second kappa shape index (κ2) is 4.90. The van der Waals surface area contributed by atoms with Gasteiger partial charge in [0.2, 0.25) is 0 Å². The van der Waals surface area contributed by atoms with E-state index in [0.29, 0.717) is 11.6 Å². The van der Waals surface area contributed by atoms with Crippen LogP contribution in [0, 0.1) is 0 Å². The highest BCUT2D eigenvalue weighted by atomic mass is 35.5. The molecule has 0 bridgehead atoms. The zero-order valence-corrected chi connectivity index (χ0v) is 11.0. The van der Waals surface area contributed by atoms with Crippen LogP contribution in [-0.2, 0) is 6.54 Å². The van der Waals surface area contributed by atoms with Gasteiger partial charge in [-0.15, -0.1) is 0 Å². The molecule has 3 aromatic rings. The summed E-state index contributed by atoms with van der Waals surface area (Å²) in [5.74, 6) is 0. The van der Waals surface area contributed by atoms with Crippen LogP contribution >= 0.6 is 11.6 Å². The lowest BCUT2D eigenvalue weighted by molar-refractivity contribution is 0.795. The minimum Gasteiger partial charge on any atom is -0.304 e. The highest BCUT2D eigenvalue weighted by molar-refractivity contribution is 6.31. The van der Waals surface area contributed by atoms with Gasteiger partial charge in [0.05, 0.1) is 12.1 Å². The summed E-state index contributed by atoms with van der Waals surface area (Å²) in [5, 5.41) is 1.65. The molecule has 0 saturated heterocycles. The van der Waals surface area contributed by atoms with Crippen molar-refractivity contribution >= 4 is 22.5 Å². The topological polar surface area (TPSA) is 22.0 Å². The summed E-state index contributed by atoms with van der Waals surface area (Å²) in [5.41, 5.74) is 2.01. The highest BCUT2D eigenvalue weighted by Gasteiger charge is 2.04. The van der Waals surface area contributed by atoms with E-state index >= 15 is 0 Å². The number of benzene rings is 2. The molecular weight excluding hydrogens is 258 g/mol. The summed E-state index contributed by atoms with van der Waals surface area (Å²) in [7, 11) is 0. The van der Waals surface area contributed by atoms with Crippen LogP contribution in [0.1, 0.15) is 5.56 Å². The van der Waals surface area contributed by atoms with Crippen LogP contribution < -0.4 is 5.56 Å². The predicted octanol–water partition coefficient (Wildman–Crippen LogP) is 3.70. The Balaban J connectivity index is 2.17. The van der Waals surface area contributed by atoms with Crippen molar-refractivity contribution in [3.8, 4) is 0 Å².